The van der Waals surface area contributed by atoms with Crippen LogP contribution in [0.5, 0.6) is 0 Å². The number of rotatable bonds is 4. The molecule has 0 aromatic rings. The van der Waals surface area contributed by atoms with Crippen LogP contribution in [-0.2, 0) is 19.5 Å². The van der Waals surface area contributed by atoms with Gasteiger partial charge >= 0.3 is 0 Å². The molecule has 0 aliphatic heterocycles. The zero-order valence-corrected chi connectivity index (χ0v) is 19.8. The van der Waals surface area contributed by atoms with Crippen LogP contribution < -0.4 is 0 Å². The fraction of sp³-hybridized carbons (Fsp3) is 0.957. The minimum atomic E-state index is -0.953. The van der Waals surface area contributed by atoms with Crippen LogP contribution in [0.15, 0.2) is 0 Å². The molecule has 3 saturated carbocycles. The van der Waals surface area contributed by atoms with E-state index in [1.807, 2.05) is 5.29 Å². The fourth-order valence-electron chi connectivity index (χ4n) is 6.73. The second kappa shape index (κ2) is 10.5. The second-order valence-corrected chi connectivity index (χ2v) is 14.1. The van der Waals surface area contributed by atoms with Crippen LogP contribution in [0.2, 0.25) is 0 Å². The summed E-state index contributed by atoms with van der Waals surface area (Å²) in [5, 5.41) is 2.04. The van der Waals surface area contributed by atoms with Gasteiger partial charge < -0.3 is 0 Å². The molecule has 0 aromatic heterocycles. The third kappa shape index (κ3) is 4.68. The SMILES string of the molecule is CC(C(C)C)=P(C1CCCCC1)(C1CCCCC1)C1CCCCC1.[Ru]. The van der Waals surface area contributed by atoms with E-state index >= 15 is 0 Å². The van der Waals surface area contributed by atoms with Crippen LogP contribution in [0.4, 0.5) is 0 Å². The Morgan fingerprint density at radius 1 is 0.600 bits per heavy atom. The van der Waals surface area contributed by atoms with Gasteiger partial charge in [-0.3, -0.25) is 0 Å². The Kier molecular flexibility index (Phi) is 9.30. The Hall–Kier alpha value is 0.923. The molecule has 3 aliphatic carbocycles. The molecular weight excluding hydrogens is 408 g/mol. The molecule has 0 nitrogen and oxygen atoms in total. The summed E-state index contributed by atoms with van der Waals surface area (Å²) >= 11 is 0. The molecule has 0 amide bonds. The normalized spacial score (nSPS) is 25.0. The standard InChI is InChI=1S/C23H43P.Ru/c1-19(2)20(3)24(21-13-7-4-8-14-21,22-15-9-5-10-16-22)23-17-11-6-12-18-23;/h19,21-23H,4-18H2,1-3H3;. The van der Waals surface area contributed by atoms with E-state index in [0.717, 1.165) is 22.9 Å². The molecular formula is C23H43PRu. The minimum Gasteiger partial charge on any atom is -0.0968 e. The summed E-state index contributed by atoms with van der Waals surface area (Å²) in [5.74, 6) is 0.823. The molecule has 3 fully saturated rings. The quantitative estimate of drug-likeness (QED) is 0.302. The largest absolute Gasteiger partial charge is 0.0968 e. The van der Waals surface area contributed by atoms with E-state index in [1.54, 1.807) is 38.5 Å². The third-order valence-corrected chi connectivity index (χ3v) is 14.9. The van der Waals surface area contributed by atoms with Crippen molar-refractivity contribution in [2.24, 2.45) is 5.92 Å². The predicted octanol–water partition coefficient (Wildman–Crippen LogP) is 7.85. The van der Waals surface area contributed by atoms with Gasteiger partial charge in [-0.05, 0) is 68.3 Å². The van der Waals surface area contributed by atoms with Crippen LogP contribution >= 0.6 is 6.89 Å². The van der Waals surface area contributed by atoms with E-state index in [0.29, 0.717) is 0 Å². The summed E-state index contributed by atoms with van der Waals surface area (Å²) in [6, 6.07) is 0. The smallest absolute Gasteiger partial charge is 0 e. The average Bonchev–Trinajstić information content (AvgIpc) is 2.65. The molecule has 3 rings (SSSR count). The molecule has 0 heterocycles. The maximum atomic E-state index is 2.65. The van der Waals surface area contributed by atoms with E-state index in [4.69, 9.17) is 0 Å². The van der Waals surface area contributed by atoms with Crippen LogP contribution in [0.25, 0.3) is 0 Å². The Bertz CT molecular complexity index is 383. The minimum absolute atomic E-state index is 0. The van der Waals surface area contributed by atoms with E-state index < -0.39 is 6.89 Å². The Balaban J connectivity index is 0.00000225. The van der Waals surface area contributed by atoms with E-state index in [1.165, 1.54) is 57.8 Å². The van der Waals surface area contributed by atoms with Crippen LogP contribution in [0.3, 0.4) is 0 Å². The first-order valence-electron chi connectivity index (χ1n) is 11.4. The molecule has 0 spiro atoms. The van der Waals surface area contributed by atoms with E-state index in [9.17, 15) is 0 Å². The zero-order valence-electron chi connectivity index (χ0n) is 17.2. The topological polar surface area (TPSA) is 0 Å². The molecule has 3 aliphatic rings. The maximum absolute atomic E-state index is 2.65. The van der Waals surface area contributed by atoms with Gasteiger partial charge in [0, 0.05) is 19.5 Å². The molecule has 0 radical (unpaired) electrons. The molecule has 0 saturated heterocycles. The Morgan fingerprint density at radius 2 is 0.880 bits per heavy atom. The summed E-state index contributed by atoms with van der Waals surface area (Å²) in [5.41, 5.74) is 3.37. The first-order chi connectivity index (χ1) is 11.7. The zero-order chi connectivity index (χ0) is 17.0. The van der Waals surface area contributed by atoms with Crippen molar-refractivity contribution in [3.63, 3.8) is 0 Å². The van der Waals surface area contributed by atoms with Gasteiger partial charge in [0.15, 0.2) is 0 Å². The van der Waals surface area contributed by atoms with Gasteiger partial charge in [0.05, 0.1) is 0 Å². The van der Waals surface area contributed by atoms with Gasteiger partial charge in [-0.1, -0.05) is 83.8 Å². The molecule has 0 bridgehead atoms. The Labute approximate surface area is 171 Å². The van der Waals surface area contributed by atoms with Crippen LogP contribution in [-0.4, -0.2) is 22.3 Å². The van der Waals surface area contributed by atoms with Crippen molar-refractivity contribution in [1.82, 2.24) is 0 Å². The maximum Gasteiger partial charge on any atom is 0 e. The molecule has 0 N–H and O–H groups in total. The summed E-state index contributed by atoms with van der Waals surface area (Å²) in [7, 11) is 0. The van der Waals surface area contributed by atoms with Crippen molar-refractivity contribution in [3.05, 3.63) is 0 Å². The van der Waals surface area contributed by atoms with Crippen molar-refractivity contribution >= 4 is 12.2 Å². The van der Waals surface area contributed by atoms with Gasteiger partial charge in [0.1, 0.15) is 0 Å². The molecule has 25 heavy (non-hydrogen) atoms. The van der Waals surface area contributed by atoms with Crippen molar-refractivity contribution in [1.29, 1.82) is 0 Å². The summed E-state index contributed by atoms with van der Waals surface area (Å²) < 4.78 is 0. The van der Waals surface area contributed by atoms with E-state index in [-0.39, 0.29) is 19.5 Å². The van der Waals surface area contributed by atoms with Crippen molar-refractivity contribution in [2.75, 3.05) is 0 Å². The number of hydrogen-bond acceptors (Lipinski definition) is 0. The molecule has 148 valence electrons. The van der Waals surface area contributed by atoms with E-state index in [2.05, 4.69) is 20.8 Å². The Morgan fingerprint density at radius 3 is 1.12 bits per heavy atom. The van der Waals surface area contributed by atoms with Gasteiger partial charge in [0.2, 0.25) is 0 Å². The van der Waals surface area contributed by atoms with Gasteiger partial charge in [-0.25, -0.2) is 0 Å². The van der Waals surface area contributed by atoms with Crippen LogP contribution in [0.1, 0.15) is 117 Å². The predicted molar refractivity (Wildman–Crippen MR) is 113 cm³/mol. The van der Waals surface area contributed by atoms with Crippen LogP contribution in [0, 0.1) is 5.92 Å². The van der Waals surface area contributed by atoms with Gasteiger partial charge in [0.25, 0.3) is 0 Å². The van der Waals surface area contributed by atoms with Crippen molar-refractivity contribution in [2.45, 2.75) is 134 Å². The first-order valence-corrected chi connectivity index (χ1v) is 13.4. The molecule has 0 aromatic carbocycles. The molecule has 0 atom stereocenters. The average molecular weight is 452 g/mol. The van der Waals surface area contributed by atoms with Gasteiger partial charge in [-0.2, -0.15) is 0 Å². The van der Waals surface area contributed by atoms with Gasteiger partial charge in [-0.15, -0.1) is 0 Å². The first kappa shape index (κ1) is 22.2. The summed E-state index contributed by atoms with van der Waals surface area (Å²) in [6.45, 7) is 6.75. The monoisotopic (exact) mass is 452 g/mol. The van der Waals surface area contributed by atoms with Crippen molar-refractivity contribution < 1.29 is 19.5 Å². The fourth-order valence-corrected chi connectivity index (χ4v) is 14.8. The number of hydrogen-bond donors (Lipinski definition) is 0. The third-order valence-electron chi connectivity index (χ3n) is 7.98. The molecule has 2 heteroatoms. The summed E-state index contributed by atoms with van der Waals surface area (Å²) in [4.78, 5) is 0. The second-order valence-electron chi connectivity index (χ2n) is 9.51. The molecule has 0 unspecified atom stereocenters. The summed E-state index contributed by atoms with van der Waals surface area (Å²) in [6.07, 6.45) is 23.3. The van der Waals surface area contributed by atoms with Crippen molar-refractivity contribution in [3.8, 4) is 0 Å².